The first-order chi connectivity index (χ1) is 12.5. The zero-order valence-electron chi connectivity index (χ0n) is 13.2. The van der Waals surface area contributed by atoms with Crippen LogP contribution in [0.5, 0.6) is 0 Å². The molecule has 26 heavy (non-hydrogen) atoms. The molecule has 0 aliphatic heterocycles. The number of primary amides is 1. The molecular formula is C17H13Cl2N5O2. The van der Waals surface area contributed by atoms with E-state index in [1.54, 1.807) is 42.5 Å². The highest BCUT2D eigenvalue weighted by atomic mass is 35.5. The highest BCUT2D eigenvalue weighted by molar-refractivity contribution is 6.40. The monoisotopic (exact) mass is 389 g/mol. The fraction of sp³-hybridized carbons (Fsp3) is 0. The van der Waals surface area contributed by atoms with Crippen LogP contribution < -0.4 is 21.9 Å². The van der Waals surface area contributed by atoms with Gasteiger partial charge in [-0.05, 0) is 24.3 Å². The summed E-state index contributed by atoms with van der Waals surface area (Å²) in [6, 6.07) is 11.0. The van der Waals surface area contributed by atoms with Crippen molar-refractivity contribution in [1.29, 1.82) is 0 Å². The number of anilines is 2. The Morgan fingerprint density at radius 3 is 2.35 bits per heavy atom. The van der Waals surface area contributed by atoms with Gasteiger partial charge in [0.15, 0.2) is 0 Å². The minimum atomic E-state index is -0.729. The third kappa shape index (κ3) is 3.63. The van der Waals surface area contributed by atoms with Crippen molar-refractivity contribution >= 4 is 57.4 Å². The van der Waals surface area contributed by atoms with E-state index in [-0.39, 0.29) is 15.6 Å². The van der Waals surface area contributed by atoms with Gasteiger partial charge in [0.05, 0.1) is 32.5 Å². The number of benzene rings is 2. The number of carbonyl (C=O) groups excluding carboxylic acids is 2. The lowest BCUT2D eigenvalue weighted by Gasteiger charge is -2.13. The first kappa shape index (κ1) is 17.8. The number of nitrogens with one attached hydrogen (secondary N) is 3. The van der Waals surface area contributed by atoms with Crippen molar-refractivity contribution in [2.75, 3.05) is 10.7 Å². The lowest BCUT2D eigenvalue weighted by Crippen LogP contribution is -2.34. The van der Waals surface area contributed by atoms with E-state index in [1.165, 1.54) is 6.20 Å². The number of para-hydroxylation sites is 1. The van der Waals surface area contributed by atoms with Gasteiger partial charge in [-0.1, -0.05) is 41.4 Å². The van der Waals surface area contributed by atoms with Gasteiger partial charge in [-0.3, -0.25) is 20.6 Å². The molecule has 1 aromatic heterocycles. The summed E-state index contributed by atoms with van der Waals surface area (Å²) in [6.45, 7) is 0. The molecule has 0 aliphatic rings. The Hall–Kier alpha value is -3.03. The van der Waals surface area contributed by atoms with Crippen LogP contribution in [0.3, 0.4) is 0 Å². The van der Waals surface area contributed by atoms with E-state index in [9.17, 15) is 9.59 Å². The second-order valence-corrected chi connectivity index (χ2v) is 6.04. The molecule has 2 aromatic carbocycles. The van der Waals surface area contributed by atoms with E-state index in [4.69, 9.17) is 28.9 Å². The van der Waals surface area contributed by atoms with E-state index in [2.05, 4.69) is 21.2 Å². The van der Waals surface area contributed by atoms with Gasteiger partial charge in [-0.25, -0.2) is 4.79 Å². The van der Waals surface area contributed by atoms with E-state index in [1.807, 2.05) is 0 Å². The van der Waals surface area contributed by atoms with E-state index >= 15 is 0 Å². The number of hydrogen-bond donors (Lipinski definition) is 4. The number of rotatable bonds is 4. The van der Waals surface area contributed by atoms with Crippen LogP contribution in [0.4, 0.5) is 16.2 Å². The maximum Gasteiger partial charge on any atom is 0.330 e. The van der Waals surface area contributed by atoms with Gasteiger partial charge in [0, 0.05) is 11.6 Å². The fourth-order valence-electron chi connectivity index (χ4n) is 2.41. The van der Waals surface area contributed by atoms with E-state index in [0.717, 1.165) is 0 Å². The summed E-state index contributed by atoms with van der Waals surface area (Å²) in [4.78, 5) is 27.8. The fourth-order valence-corrected chi connectivity index (χ4v) is 2.98. The van der Waals surface area contributed by atoms with Crippen molar-refractivity contribution in [2.24, 2.45) is 5.73 Å². The maximum atomic E-state index is 12.6. The second-order valence-electron chi connectivity index (χ2n) is 5.23. The largest absolute Gasteiger partial charge is 0.350 e. The average Bonchev–Trinajstić information content (AvgIpc) is 2.60. The molecule has 0 aliphatic carbocycles. The van der Waals surface area contributed by atoms with Gasteiger partial charge >= 0.3 is 6.03 Å². The molecule has 132 valence electrons. The molecule has 0 atom stereocenters. The number of fused-ring (bicyclic) bond motifs is 1. The minimum Gasteiger partial charge on any atom is -0.350 e. The van der Waals surface area contributed by atoms with Crippen LogP contribution in [0.25, 0.3) is 10.9 Å². The Labute approximate surface area is 158 Å². The van der Waals surface area contributed by atoms with Gasteiger partial charge in [-0.2, -0.15) is 0 Å². The summed E-state index contributed by atoms with van der Waals surface area (Å²) in [5.41, 5.74) is 11.8. The van der Waals surface area contributed by atoms with Crippen LogP contribution in [-0.4, -0.2) is 16.9 Å². The van der Waals surface area contributed by atoms with Crippen LogP contribution in [0.1, 0.15) is 10.4 Å². The van der Waals surface area contributed by atoms with Crippen molar-refractivity contribution in [1.82, 2.24) is 10.4 Å². The van der Waals surface area contributed by atoms with Crippen LogP contribution in [0.15, 0.2) is 48.7 Å². The Kier molecular flexibility index (Phi) is 5.11. The van der Waals surface area contributed by atoms with Crippen molar-refractivity contribution in [3.8, 4) is 0 Å². The Bertz CT molecular complexity index is 989. The smallest absolute Gasteiger partial charge is 0.330 e. The third-order valence-electron chi connectivity index (χ3n) is 3.53. The van der Waals surface area contributed by atoms with Crippen LogP contribution in [-0.2, 0) is 0 Å². The van der Waals surface area contributed by atoms with E-state index < -0.39 is 11.9 Å². The van der Waals surface area contributed by atoms with Crippen molar-refractivity contribution in [3.63, 3.8) is 0 Å². The average molecular weight is 390 g/mol. The molecule has 0 spiro atoms. The van der Waals surface area contributed by atoms with Crippen LogP contribution in [0, 0.1) is 0 Å². The zero-order valence-corrected chi connectivity index (χ0v) is 14.7. The van der Waals surface area contributed by atoms with Crippen molar-refractivity contribution in [3.05, 3.63) is 64.3 Å². The van der Waals surface area contributed by atoms with Crippen molar-refractivity contribution < 1.29 is 9.59 Å². The molecule has 7 nitrogen and oxygen atoms in total. The molecule has 3 rings (SSSR count). The number of hydrazine groups is 1. The lowest BCUT2D eigenvalue weighted by atomic mass is 10.1. The molecule has 5 N–H and O–H groups in total. The Balaban J connectivity index is 1.97. The topological polar surface area (TPSA) is 109 Å². The number of hydrogen-bond acceptors (Lipinski definition) is 4. The summed E-state index contributed by atoms with van der Waals surface area (Å²) in [6.07, 6.45) is 1.53. The molecule has 9 heteroatoms. The number of urea groups is 1. The number of carbonyl (C=O) groups is 2. The molecule has 0 radical (unpaired) electrons. The summed E-state index contributed by atoms with van der Waals surface area (Å²) in [5, 5.41) is 3.93. The minimum absolute atomic E-state index is 0.178. The predicted molar refractivity (Wildman–Crippen MR) is 102 cm³/mol. The highest BCUT2D eigenvalue weighted by Gasteiger charge is 2.16. The maximum absolute atomic E-state index is 12.6. The summed E-state index contributed by atoms with van der Waals surface area (Å²) < 4.78 is 0. The molecule has 0 unspecified atom stereocenters. The first-order valence-electron chi connectivity index (χ1n) is 7.42. The number of aromatic nitrogens is 1. The van der Waals surface area contributed by atoms with Crippen LogP contribution >= 0.6 is 23.2 Å². The number of nitrogens with zero attached hydrogens (tertiary/aromatic N) is 1. The number of amides is 3. The van der Waals surface area contributed by atoms with Gasteiger partial charge < -0.3 is 11.1 Å². The van der Waals surface area contributed by atoms with Gasteiger partial charge in [-0.15, -0.1) is 0 Å². The molecule has 0 saturated heterocycles. The highest BCUT2D eigenvalue weighted by Crippen LogP contribution is 2.29. The normalized spacial score (nSPS) is 10.4. The van der Waals surface area contributed by atoms with Gasteiger partial charge in [0.1, 0.15) is 0 Å². The number of pyridine rings is 1. The zero-order chi connectivity index (χ0) is 18.7. The molecule has 3 aromatic rings. The SMILES string of the molecule is NC(=O)NNc1ccnc2c(NC(=O)c3c(Cl)cccc3Cl)cccc12. The molecule has 0 fully saturated rings. The molecule has 0 saturated carbocycles. The van der Waals surface area contributed by atoms with Gasteiger partial charge in [0.25, 0.3) is 5.91 Å². The Morgan fingerprint density at radius 2 is 1.65 bits per heavy atom. The molecule has 3 amide bonds. The standard InChI is InChI=1S/C17H13Cl2N5O2/c18-10-4-2-5-11(19)14(10)16(25)22-13-6-1-3-9-12(23-24-17(20)26)7-8-21-15(9)13/h1-8H,(H,21,23)(H,22,25)(H3,20,24,26). The summed E-state index contributed by atoms with van der Waals surface area (Å²) in [7, 11) is 0. The lowest BCUT2D eigenvalue weighted by molar-refractivity contribution is 0.102. The third-order valence-corrected chi connectivity index (χ3v) is 4.16. The van der Waals surface area contributed by atoms with Gasteiger partial charge in [0.2, 0.25) is 0 Å². The second kappa shape index (κ2) is 7.47. The summed E-state index contributed by atoms with van der Waals surface area (Å²) >= 11 is 12.2. The van der Waals surface area contributed by atoms with E-state index in [0.29, 0.717) is 22.3 Å². The summed E-state index contributed by atoms with van der Waals surface area (Å²) in [5.74, 6) is -0.455. The van der Waals surface area contributed by atoms with Crippen LogP contribution in [0.2, 0.25) is 10.0 Å². The number of halogens is 2. The molecule has 1 heterocycles. The van der Waals surface area contributed by atoms with Crippen molar-refractivity contribution in [2.45, 2.75) is 0 Å². The quantitative estimate of drug-likeness (QED) is 0.508. The first-order valence-corrected chi connectivity index (χ1v) is 8.17. The molecule has 0 bridgehead atoms. The predicted octanol–water partition coefficient (Wildman–Crippen LogP) is 3.79. The molecular weight excluding hydrogens is 377 g/mol. The Morgan fingerprint density at radius 1 is 0.962 bits per heavy atom. The number of nitrogens with two attached hydrogens (primary N) is 1.